The van der Waals surface area contributed by atoms with E-state index in [9.17, 15) is 4.39 Å². The van der Waals surface area contributed by atoms with Gasteiger partial charge in [-0.2, -0.15) is 4.39 Å². The molecule has 1 aromatic heterocycles. The lowest BCUT2D eigenvalue weighted by Gasteiger charge is -2.19. The third-order valence-electron chi connectivity index (χ3n) is 2.53. The molecule has 0 fully saturated rings. The molecule has 5 heteroatoms. The topological polar surface area (TPSA) is 43.4 Å². The van der Waals surface area contributed by atoms with Gasteiger partial charge in [0.25, 0.3) is 0 Å². The first-order chi connectivity index (χ1) is 8.81. The number of pyridine rings is 1. The number of hydrogen-bond acceptors (Lipinski definition) is 4. The first kappa shape index (κ1) is 10.8. The Kier molecular flexibility index (Phi) is 2.72. The molecule has 1 aromatic carbocycles. The van der Waals surface area contributed by atoms with Crippen LogP contribution < -0.4 is 14.8 Å². The molecule has 18 heavy (non-hydrogen) atoms. The van der Waals surface area contributed by atoms with Crippen LogP contribution in [0.3, 0.4) is 0 Å². The van der Waals surface area contributed by atoms with Crippen molar-refractivity contribution < 1.29 is 13.9 Å². The number of benzene rings is 1. The van der Waals surface area contributed by atoms with Crippen molar-refractivity contribution in [3.8, 4) is 11.5 Å². The standard InChI is InChI=1S/C13H11FN2O2/c14-12-2-1-3-13(16-12)15-9-4-5-10-11(8-9)18-7-6-17-10/h1-5,8H,6-7H2,(H,15,16). The fourth-order valence-corrected chi connectivity index (χ4v) is 1.75. The van der Waals surface area contributed by atoms with Gasteiger partial charge in [0.05, 0.1) is 0 Å². The third kappa shape index (κ3) is 2.20. The highest BCUT2D eigenvalue weighted by Gasteiger charge is 2.11. The van der Waals surface area contributed by atoms with Crippen LogP contribution in [0.25, 0.3) is 0 Å². The Morgan fingerprint density at radius 1 is 1.06 bits per heavy atom. The van der Waals surface area contributed by atoms with Crippen LogP contribution in [0.4, 0.5) is 15.9 Å². The molecule has 0 atom stereocenters. The molecule has 1 N–H and O–H groups in total. The van der Waals surface area contributed by atoms with Gasteiger partial charge in [-0.25, -0.2) is 4.98 Å². The van der Waals surface area contributed by atoms with Crippen molar-refractivity contribution in [1.82, 2.24) is 4.98 Å². The van der Waals surface area contributed by atoms with Crippen LogP contribution in [-0.4, -0.2) is 18.2 Å². The molecule has 0 spiro atoms. The van der Waals surface area contributed by atoms with Gasteiger partial charge >= 0.3 is 0 Å². The van der Waals surface area contributed by atoms with Crippen molar-refractivity contribution >= 4 is 11.5 Å². The van der Waals surface area contributed by atoms with Crippen LogP contribution in [-0.2, 0) is 0 Å². The van der Waals surface area contributed by atoms with Crippen molar-refractivity contribution in [3.05, 3.63) is 42.3 Å². The third-order valence-corrected chi connectivity index (χ3v) is 2.53. The summed E-state index contributed by atoms with van der Waals surface area (Å²) in [5, 5.41) is 3.01. The summed E-state index contributed by atoms with van der Waals surface area (Å²) in [4.78, 5) is 3.73. The van der Waals surface area contributed by atoms with E-state index in [-0.39, 0.29) is 0 Å². The summed E-state index contributed by atoms with van der Waals surface area (Å²) in [7, 11) is 0. The molecule has 0 bridgehead atoms. The van der Waals surface area contributed by atoms with Gasteiger partial charge in [-0.15, -0.1) is 0 Å². The smallest absolute Gasteiger partial charge is 0.214 e. The number of aromatic nitrogens is 1. The molecular formula is C13H11FN2O2. The summed E-state index contributed by atoms with van der Waals surface area (Å²) in [5.41, 5.74) is 0.775. The molecule has 0 radical (unpaired) electrons. The van der Waals surface area contributed by atoms with E-state index in [1.165, 1.54) is 6.07 Å². The van der Waals surface area contributed by atoms with Crippen molar-refractivity contribution in [3.63, 3.8) is 0 Å². The maximum atomic E-state index is 12.9. The number of ether oxygens (including phenoxy) is 2. The predicted octanol–water partition coefficient (Wildman–Crippen LogP) is 2.74. The molecule has 0 saturated carbocycles. The minimum absolute atomic E-state index is 0.451. The van der Waals surface area contributed by atoms with Crippen LogP contribution >= 0.6 is 0 Å². The zero-order chi connectivity index (χ0) is 12.4. The van der Waals surface area contributed by atoms with E-state index >= 15 is 0 Å². The molecule has 0 aliphatic carbocycles. The van der Waals surface area contributed by atoms with E-state index in [0.717, 1.165) is 11.4 Å². The van der Waals surface area contributed by atoms with Gasteiger partial charge in [0, 0.05) is 11.8 Å². The van der Waals surface area contributed by atoms with Gasteiger partial charge in [0.15, 0.2) is 11.5 Å². The molecule has 0 unspecified atom stereocenters. The average molecular weight is 246 g/mol. The summed E-state index contributed by atoms with van der Waals surface area (Å²) in [5.74, 6) is 1.34. The zero-order valence-corrected chi connectivity index (χ0v) is 9.52. The minimum atomic E-state index is -0.516. The van der Waals surface area contributed by atoms with Gasteiger partial charge in [-0.3, -0.25) is 0 Å². The van der Waals surface area contributed by atoms with Crippen molar-refractivity contribution in [2.75, 3.05) is 18.5 Å². The van der Waals surface area contributed by atoms with Gasteiger partial charge in [0.1, 0.15) is 19.0 Å². The number of nitrogens with one attached hydrogen (secondary N) is 1. The maximum Gasteiger partial charge on any atom is 0.214 e. The first-order valence-electron chi connectivity index (χ1n) is 5.60. The van der Waals surface area contributed by atoms with Crippen LogP contribution in [0, 0.1) is 5.95 Å². The Balaban J connectivity index is 1.85. The van der Waals surface area contributed by atoms with Gasteiger partial charge < -0.3 is 14.8 Å². The second kappa shape index (κ2) is 4.52. The van der Waals surface area contributed by atoms with E-state index in [1.54, 1.807) is 18.2 Å². The first-order valence-corrected chi connectivity index (χ1v) is 5.60. The molecule has 0 amide bonds. The molecule has 92 valence electrons. The molecular weight excluding hydrogens is 235 g/mol. The number of halogens is 1. The molecule has 2 heterocycles. The normalized spacial score (nSPS) is 13.2. The summed E-state index contributed by atoms with van der Waals surface area (Å²) in [6.45, 7) is 1.10. The largest absolute Gasteiger partial charge is 0.486 e. The van der Waals surface area contributed by atoms with E-state index in [0.29, 0.717) is 24.8 Å². The monoisotopic (exact) mass is 246 g/mol. The molecule has 4 nitrogen and oxygen atoms in total. The van der Waals surface area contributed by atoms with Crippen LogP contribution in [0.15, 0.2) is 36.4 Å². The molecule has 0 saturated heterocycles. The zero-order valence-electron chi connectivity index (χ0n) is 9.52. The summed E-state index contributed by atoms with van der Waals surface area (Å²) in [6.07, 6.45) is 0. The molecule has 3 rings (SSSR count). The van der Waals surface area contributed by atoms with Gasteiger partial charge in [0.2, 0.25) is 5.95 Å². The molecule has 1 aliphatic heterocycles. The fourth-order valence-electron chi connectivity index (χ4n) is 1.75. The van der Waals surface area contributed by atoms with Crippen molar-refractivity contribution in [2.45, 2.75) is 0 Å². The SMILES string of the molecule is Fc1cccc(Nc2ccc3c(c2)OCCO3)n1. The lowest BCUT2D eigenvalue weighted by molar-refractivity contribution is 0.171. The molecule has 1 aliphatic rings. The Hall–Kier alpha value is -2.30. The number of hydrogen-bond donors (Lipinski definition) is 1. The Morgan fingerprint density at radius 2 is 1.89 bits per heavy atom. The number of rotatable bonds is 2. The summed E-state index contributed by atoms with van der Waals surface area (Å²) < 4.78 is 23.8. The van der Waals surface area contributed by atoms with E-state index in [4.69, 9.17) is 9.47 Å². The Bertz CT molecular complexity index is 575. The Morgan fingerprint density at radius 3 is 2.72 bits per heavy atom. The van der Waals surface area contributed by atoms with E-state index in [2.05, 4.69) is 10.3 Å². The van der Waals surface area contributed by atoms with Crippen LogP contribution in [0.2, 0.25) is 0 Å². The highest BCUT2D eigenvalue weighted by molar-refractivity contribution is 5.61. The van der Waals surface area contributed by atoms with Crippen LogP contribution in [0.5, 0.6) is 11.5 Å². The number of anilines is 2. The van der Waals surface area contributed by atoms with Gasteiger partial charge in [-0.1, -0.05) is 6.07 Å². The second-order valence-electron chi connectivity index (χ2n) is 3.83. The highest BCUT2D eigenvalue weighted by Crippen LogP contribution is 2.33. The predicted molar refractivity (Wildman–Crippen MR) is 64.9 cm³/mol. The average Bonchev–Trinajstić information content (AvgIpc) is 2.39. The Labute approximate surface area is 103 Å². The number of fused-ring (bicyclic) bond motifs is 1. The minimum Gasteiger partial charge on any atom is -0.486 e. The summed E-state index contributed by atoms with van der Waals surface area (Å²) >= 11 is 0. The summed E-state index contributed by atoms with van der Waals surface area (Å²) in [6, 6.07) is 10.1. The second-order valence-corrected chi connectivity index (χ2v) is 3.83. The highest BCUT2D eigenvalue weighted by atomic mass is 19.1. The van der Waals surface area contributed by atoms with Crippen LogP contribution in [0.1, 0.15) is 0 Å². The van der Waals surface area contributed by atoms with E-state index in [1.807, 2.05) is 12.1 Å². The van der Waals surface area contributed by atoms with Crippen molar-refractivity contribution in [1.29, 1.82) is 0 Å². The fraction of sp³-hybridized carbons (Fsp3) is 0.154. The number of nitrogens with zero attached hydrogens (tertiary/aromatic N) is 1. The van der Waals surface area contributed by atoms with Gasteiger partial charge in [-0.05, 0) is 24.3 Å². The quantitative estimate of drug-likeness (QED) is 0.827. The molecule has 2 aromatic rings. The lowest BCUT2D eigenvalue weighted by Crippen LogP contribution is -2.15. The van der Waals surface area contributed by atoms with E-state index < -0.39 is 5.95 Å². The maximum absolute atomic E-state index is 12.9. The lowest BCUT2D eigenvalue weighted by atomic mass is 10.2. The van der Waals surface area contributed by atoms with Crippen molar-refractivity contribution in [2.24, 2.45) is 0 Å².